The standard InChI is InChI=1S/C16H25N3O/c1-3-7-14(17)16(20)19-11-10-18(2)12-15(19)13-8-5-4-6-9-13/h4-6,8-9,14-15H,3,7,10-12,17H2,1-2H3/t14-,15?/m0/s1. The first kappa shape index (κ1) is 15.0. The second-order valence-electron chi connectivity index (χ2n) is 5.62. The van der Waals surface area contributed by atoms with Crippen molar-refractivity contribution in [2.45, 2.75) is 31.8 Å². The summed E-state index contributed by atoms with van der Waals surface area (Å²) in [5.41, 5.74) is 7.22. The Morgan fingerprint density at radius 1 is 1.35 bits per heavy atom. The Hall–Kier alpha value is -1.39. The highest BCUT2D eigenvalue weighted by molar-refractivity contribution is 5.82. The van der Waals surface area contributed by atoms with Gasteiger partial charge in [-0.15, -0.1) is 0 Å². The summed E-state index contributed by atoms with van der Waals surface area (Å²) >= 11 is 0. The van der Waals surface area contributed by atoms with E-state index in [0.29, 0.717) is 0 Å². The third-order valence-electron chi connectivity index (χ3n) is 3.97. The van der Waals surface area contributed by atoms with Crippen molar-refractivity contribution in [3.63, 3.8) is 0 Å². The number of piperazine rings is 1. The molecule has 2 N–H and O–H groups in total. The first-order chi connectivity index (χ1) is 9.63. The fourth-order valence-corrected chi connectivity index (χ4v) is 2.79. The maximum Gasteiger partial charge on any atom is 0.240 e. The molecule has 0 spiro atoms. The first-order valence-electron chi connectivity index (χ1n) is 7.43. The Bertz CT molecular complexity index is 435. The third-order valence-corrected chi connectivity index (χ3v) is 3.97. The molecule has 0 aromatic heterocycles. The van der Waals surface area contributed by atoms with E-state index in [-0.39, 0.29) is 18.0 Å². The average Bonchev–Trinajstić information content (AvgIpc) is 2.47. The number of nitrogens with zero attached hydrogens (tertiary/aromatic N) is 2. The van der Waals surface area contributed by atoms with Crippen molar-refractivity contribution in [1.29, 1.82) is 0 Å². The number of amides is 1. The number of nitrogens with two attached hydrogens (primary N) is 1. The molecule has 1 unspecified atom stereocenters. The predicted molar refractivity (Wildman–Crippen MR) is 81.3 cm³/mol. The monoisotopic (exact) mass is 275 g/mol. The normalized spacial score (nSPS) is 21.8. The van der Waals surface area contributed by atoms with E-state index in [9.17, 15) is 4.79 Å². The maximum atomic E-state index is 12.6. The van der Waals surface area contributed by atoms with E-state index in [4.69, 9.17) is 5.73 Å². The van der Waals surface area contributed by atoms with Gasteiger partial charge in [0.25, 0.3) is 0 Å². The largest absolute Gasteiger partial charge is 0.332 e. The lowest BCUT2D eigenvalue weighted by molar-refractivity contribution is -0.137. The summed E-state index contributed by atoms with van der Waals surface area (Å²) in [6.07, 6.45) is 1.70. The minimum atomic E-state index is -0.366. The lowest BCUT2D eigenvalue weighted by Crippen LogP contribution is -2.53. The van der Waals surface area contributed by atoms with Crippen LogP contribution < -0.4 is 5.73 Å². The van der Waals surface area contributed by atoms with Crippen molar-refractivity contribution in [1.82, 2.24) is 9.80 Å². The van der Waals surface area contributed by atoms with Crippen LogP contribution >= 0.6 is 0 Å². The number of benzene rings is 1. The van der Waals surface area contributed by atoms with E-state index in [1.807, 2.05) is 23.1 Å². The predicted octanol–water partition coefficient (Wildman–Crippen LogP) is 1.63. The molecule has 2 rings (SSSR count). The number of hydrogen-bond acceptors (Lipinski definition) is 3. The summed E-state index contributed by atoms with van der Waals surface area (Å²) in [7, 11) is 2.10. The van der Waals surface area contributed by atoms with Gasteiger partial charge in [0, 0.05) is 19.6 Å². The van der Waals surface area contributed by atoms with Crippen LogP contribution in [0.2, 0.25) is 0 Å². The lowest BCUT2D eigenvalue weighted by Gasteiger charge is -2.41. The molecule has 2 atom stereocenters. The molecule has 0 radical (unpaired) electrons. The maximum absolute atomic E-state index is 12.6. The molecule has 1 saturated heterocycles. The number of rotatable bonds is 4. The van der Waals surface area contributed by atoms with Gasteiger partial charge in [-0.25, -0.2) is 0 Å². The molecule has 1 aliphatic heterocycles. The van der Waals surface area contributed by atoms with E-state index in [0.717, 1.165) is 32.5 Å². The minimum absolute atomic E-state index is 0.0915. The second-order valence-corrected chi connectivity index (χ2v) is 5.62. The van der Waals surface area contributed by atoms with Gasteiger partial charge in [-0.05, 0) is 19.0 Å². The molecular weight excluding hydrogens is 250 g/mol. The fourth-order valence-electron chi connectivity index (χ4n) is 2.79. The zero-order valence-electron chi connectivity index (χ0n) is 12.5. The first-order valence-corrected chi connectivity index (χ1v) is 7.43. The van der Waals surface area contributed by atoms with Crippen LogP contribution in [0.1, 0.15) is 31.4 Å². The van der Waals surface area contributed by atoms with Gasteiger partial charge in [0.05, 0.1) is 12.1 Å². The van der Waals surface area contributed by atoms with Crippen LogP contribution in [0.15, 0.2) is 30.3 Å². The van der Waals surface area contributed by atoms with Gasteiger partial charge >= 0.3 is 0 Å². The van der Waals surface area contributed by atoms with E-state index >= 15 is 0 Å². The summed E-state index contributed by atoms with van der Waals surface area (Å²) in [4.78, 5) is 16.8. The van der Waals surface area contributed by atoms with Crippen LogP contribution in [0.25, 0.3) is 0 Å². The van der Waals surface area contributed by atoms with E-state index in [2.05, 4.69) is 31.0 Å². The molecular formula is C16H25N3O. The zero-order valence-corrected chi connectivity index (χ0v) is 12.5. The summed E-state index contributed by atoms with van der Waals surface area (Å²) in [6.45, 7) is 4.60. The number of hydrogen-bond donors (Lipinski definition) is 1. The molecule has 1 fully saturated rings. The molecule has 1 aromatic carbocycles. The second kappa shape index (κ2) is 6.86. The van der Waals surface area contributed by atoms with Gasteiger partial charge in [-0.2, -0.15) is 0 Å². The molecule has 1 aliphatic rings. The molecule has 0 bridgehead atoms. The molecule has 20 heavy (non-hydrogen) atoms. The Morgan fingerprint density at radius 2 is 2.05 bits per heavy atom. The molecule has 0 aliphatic carbocycles. The Labute approximate surface area is 121 Å². The molecule has 1 amide bonds. The Morgan fingerprint density at radius 3 is 2.70 bits per heavy atom. The van der Waals surface area contributed by atoms with Crippen LogP contribution in [0.4, 0.5) is 0 Å². The van der Waals surface area contributed by atoms with Crippen LogP contribution in [0, 0.1) is 0 Å². The van der Waals surface area contributed by atoms with Crippen molar-refractivity contribution in [3.05, 3.63) is 35.9 Å². The van der Waals surface area contributed by atoms with Crippen molar-refractivity contribution in [2.24, 2.45) is 5.73 Å². The van der Waals surface area contributed by atoms with Crippen molar-refractivity contribution < 1.29 is 4.79 Å². The van der Waals surface area contributed by atoms with Crippen LogP contribution in [0.3, 0.4) is 0 Å². The van der Waals surface area contributed by atoms with Crippen LogP contribution in [0.5, 0.6) is 0 Å². The highest BCUT2D eigenvalue weighted by atomic mass is 16.2. The fraction of sp³-hybridized carbons (Fsp3) is 0.562. The van der Waals surface area contributed by atoms with Gasteiger partial charge in [0.15, 0.2) is 0 Å². The molecule has 4 heteroatoms. The summed E-state index contributed by atoms with van der Waals surface area (Å²) in [5, 5.41) is 0. The lowest BCUT2D eigenvalue weighted by atomic mass is 10.0. The topological polar surface area (TPSA) is 49.6 Å². The van der Waals surface area contributed by atoms with Crippen molar-refractivity contribution in [3.8, 4) is 0 Å². The highest BCUT2D eigenvalue weighted by Gasteiger charge is 2.32. The summed E-state index contributed by atoms with van der Waals surface area (Å²) in [6, 6.07) is 9.99. The quantitative estimate of drug-likeness (QED) is 0.908. The third kappa shape index (κ3) is 3.38. The van der Waals surface area contributed by atoms with Crippen LogP contribution in [-0.2, 0) is 4.79 Å². The number of carbonyl (C=O) groups is 1. The van der Waals surface area contributed by atoms with Gasteiger partial charge < -0.3 is 15.5 Å². The van der Waals surface area contributed by atoms with E-state index < -0.39 is 0 Å². The van der Waals surface area contributed by atoms with Crippen molar-refractivity contribution in [2.75, 3.05) is 26.7 Å². The summed E-state index contributed by atoms with van der Waals surface area (Å²) < 4.78 is 0. The number of likely N-dealkylation sites (N-methyl/N-ethyl adjacent to an activating group) is 1. The molecule has 0 saturated carbocycles. The van der Waals surface area contributed by atoms with Crippen LogP contribution in [-0.4, -0.2) is 48.4 Å². The van der Waals surface area contributed by atoms with Gasteiger partial charge in [0.2, 0.25) is 5.91 Å². The Balaban J connectivity index is 2.18. The van der Waals surface area contributed by atoms with E-state index in [1.165, 1.54) is 5.56 Å². The van der Waals surface area contributed by atoms with E-state index in [1.54, 1.807) is 0 Å². The molecule has 4 nitrogen and oxygen atoms in total. The molecule has 110 valence electrons. The average molecular weight is 275 g/mol. The molecule has 1 heterocycles. The van der Waals surface area contributed by atoms with Crippen molar-refractivity contribution >= 4 is 5.91 Å². The number of carbonyl (C=O) groups excluding carboxylic acids is 1. The van der Waals surface area contributed by atoms with Gasteiger partial charge in [-0.1, -0.05) is 43.7 Å². The zero-order chi connectivity index (χ0) is 14.5. The minimum Gasteiger partial charge on any atom is -0.332 e. The smallest absolute Gasteiger partial charge is 0.240 e. The van der Waals surface area contributed by atoms with Gasteiger partial charge in [-0.3, -0.25) is 4.79 Å². The summed E-state index contributed by atoms with van der Waals surface area (Å²) in [5.74, 6) is 0.0915. The highest BCUT2D eigenvalue weighted by Crippen LogP contribution is 2.25. The SMILES string of the molecule is CCC[C@H](N)C(=O)N1CCN(C)CC1c1ccccc1. The Kier molecular flexibility index (Phi) is 5.15. The molecule has 1 aromatic rings. The van der Waals surface area contributed by atoms with Gasteiger partial charge in [0.1, 0.15) is 0 Å².